The lowest BCUT2D eigenvalue weighted by Crippen LogP contribution is -2.32. The summed E-state index contributed by atoms with van der Waals surface area (Å²) in [5.41, 5.74) is -0.186. The highest BCUT2D eigenvalue weighted by molar-refractivity contribution is 14.1. The summed E-state index contributed by atoms with van der Waals surface area (Å²) in [6.45, 7) is -0.0883. The monoisotopic (exact) mass is 605 g/mol. The first-order valence-corrected chi connectivity index (χ1v) is 12.1. The van der Waals surface area contributed by atoms with Crippen molar-refractivity contribution in [1.82, 2.24) is 4.31 Å². The summed E-state index contributed by atoms with van der Waals surface area (Å²) in [5, 5.41) is 2.43. The third-order valence-corrected chi connectivity index (χ3v) is 6.81. The Hall–Kier alpha value is -2.84. The number of esters is 1. The molecule has 0 unspecified atom stereocenters. The number of carbonyl (C=O) groups excluding carboxylic acids is 1. The van der Waals surface area contributed by atoms with E-state index in [1.807, 2.05) is 22.6 Å². The average molecular weight is 605 g/mol. The predicted molar refractivity (Wildman–Crippen MR) is 131 cm³/mol. The van der Waals surface area contributed by atoms with Crippen molar-refractivity contribution >= 4 is 55.8 Å². The van der Waals surface area contributed by atoms with Crippen LogP contribution in [-0.4, -0.2) is 32.8 Å². The van der Waals surface area contributed by atoms with Crippen LogP contribution in [0.5, 0.6) is 0 Å². The minimum absolute atomic E-state index is 0.0883. The highest BCUT2D eigenvalue weighted by Crippen LogP contribution is 2.32. The summed E-state index contributed by atoms with van der Waals surface area (Å²) >= 11 is 1.89. The van der Waals surface area contributed by atoms with Crippen molar-refractivity contribution in [2.45, 2.75) is 6.54 Å². The number of methoxy groups -OCH3 is 1. The number of ether oxygens (including phenoxy) is 1. The molecule has 0 saturated carbocycles. The third kappa shape index (κ3) is 5.98. The predicted octanol–water partition coefficient (Wildman–Crippen LogP) is 5.03. The highest BCUT2D eigenvalue weighted by Gasteiger charge is 2.23. The van der Waals surface area contributed by atoms with Crippen molar-refractivity contribution in [3.05, 3.63) is 86.7 Å². The molecule has 0 amide bonds. The van der Waals surface area contributed by atoms with Crippen LogP contribution in [0.15, 0.2) is 54.6 Å². The molecule has 0 aliphatic carbocycles. The fraction of sp³-hybridized carbons (Fsp3) is 0.136. The lowest BCUT2D eigenvalue weighted by atomic mass is 10.1. The Kier molecular flexibility index (Phi) is 8.05. The van der Waals surface area contributed by atoms with Crippen LogP contribution in [0.25, 0.3) is 0 Å². The van der Waals surface area contributed by atoms with Gasteiger partial charge in [-0.25, -0.2) is 18.0 Å². The molecule has 7 nitrogen and oxygen atoms in total. The van der Waals surface area contributed by atoms with E-state index in [9.17, 15) is 26.4 Å². The first-order valence-electron chi connectivity index (χ1n) is 9.63. The Morgan fingerprint density at radius 3 is 2.26 bits per heavy atom. The molecule has 180 valence electrons. The molecule has 0 bridgehead atoms. The summed E-state index contributed by atoms with van der Waals surface area (Å²) < 4.78 is 76.8. The molecule has 0 heterocycles. The van der Waals surface area contributed by atoms with Gasteiger partial charge in [-0.15, -0.1) is 0 Å². The number of benzene rings is 3. The van der Waals surface area contributed by atoms with Crippen LogP contribution in [0, 0.1) is 21.0 Å². The van der Waals surface area contributed by atoms with Crippen LogP contribution in [0.4, 0.5) is 30.2 Å². The summed E-state index contributed by atoms with van der Waals surface area (Å²) in [6, 6.07) is 11.9. The number of nitrogens with one attached hydrogen (secondary N) is 2. The lowest BCUT2D eigenvalue weighted by Gasteiger charge is -2.21. The Labute approximate surface area is 208 Å². The minimum atomic E-state index is -4.24. The van der Waals surface area contributed by atoms with Gasteiger partial charge in [0.05, 0.1) is 24.0 Å². The van der Waals surface area contributed by atoms with Gasteiger partial charge in [0, 0.05) is 17.2 Å². The van der Waals surface area contributed by atoms with Crippen molar-refractivity contribution in [1.29, 1.82) is 0 Å². The zero-order valence-electron chi connectivity index (χ0n) is 17.9. The molecule has 0 saturated heterocycles. The zero-order chi connectivity index (χ0) is 25.0. The van der Waals surface area contributed by atoms with Crippen LogP contribution in [-0.2, 0) is 21.5 Å². The van der Waals surface area contributed by atoms with Crippen molar-refractivity contribution < 1.29 is 31.1 Å². The van der Waals surface area contributed by atoms with Crippen LogP contribution in [0.3, 0.4) is 0 Å². The lowest BCUT2D eigenvalue weighted by molar-refractivity contribution is 0.0600. The van der Waals surface area contributed by atoms with E-state index in [0.717, 1.165) is 16.4 Å². The van der Waals surface area contributed by atoms with Gasteiger partial charge in [-0.2, -0.15) is 12.7 Å². The third-order valence-electron chi connectivity index (χ3n) is 4.72. The topological polar surface area (TPSA) is 87.7 Å². The number of hydrogen-bond acceptors (Lipinski definition) is 5. The molecule has 12 heteroatoms. The number of rotatable bonds is 8. The van der Waals surface area contributed by atoms with E-state index in [2.05, 4.69) is 14.8 Å². The quantitative estimate of drug-likeness (QED) is 0.278. The summed E-state index contributed by atoms with van der Waals surface area (Å²) in [6.07, 6.45) is 0. The van der Waals surface area contributed by atoms with E-state index in [-0.39, 0.29) is 17.9 Å². The molecule has 0 fully saturated rings. The van der Waals surface area contributed by atoms with E-state index >= 15 is 0 Å². The molecule has 0 aliphatic heterocycles. The smallest absolute Gasteiger partial charge is 0.337 e. The fourth-order valence-electron chi connectivity index (χ4n) is 2.91. The summed E-state index contributed by atoms with van der Waals surface area (Å²) in [7, 11) is -1.71. The molecule has 0 aliphatic rings. The first kappa shape index (κ1) is 25.8. The standard InChI is InChI=1S/C22H19F3IN3O4S/c1-29(12-13-3-5-14(6-4-13)22(30)33-2)34(31,32)28-19-10-8-16(23)20(25)21(19)27-18-9-7-15(26)11-17(18)24/h3-11,27-28H,12H2,1-2H3. The van der Waals surface area contributed by atoms with E-state index in [4.69, 9.17) is 0 Å². The zero-order valence-corrected chi connectivity index (χ0v) is 20.9. The van der Waals surface area contributed by atoms with Crippen molar-refractivity contribution in [3.63, 3.8) is 0 Å². The summed E-state index contributed by atoms with van der Waals surface area (Å²) in [4.78, 5) is 11.5. The molecule has 3 aromatic rings. The normalized spacial score (nSPS) is 11.4. The largest absolute Gasteiger partial charge is 0.465 e. The highest BCUT2D eigenvalue weighted by atomic mass is 127. The van der Waals surface area contributed by atoms with Crippen LogP contribution < -0.4 is 10.0 Å². The number of anilines is 3. The maximum Gasteiger partial charge on any atom is 0.337 e. The number of hydrogen-bond donors (Lipinski definition) is 2. The van der Waals surface area contributed by atoms with E-state index in [1.54, 1.807) is 18.2 Å². The van der Waals surface area contributed by atoms with Crippen LogP contribution >= 0.6 is 22.6 Å². The van der Waals surface area contributed by atoms with Crippen molar-refractivity contribution in [3.8, 4) is 0 Å². The van der Waals surface area contributed by atoms with Gasteiger partial charge in [-0.1, -0.05) is 12.1 Å². The first-order chi connectivity index (χ1) is 16.0. The Morgan fingerprint density at radius 2 is 1.65 bits per heavy atom. The van der Waals surface area contributed by atoms with Gasteiger partial charge < -0.3 is 10.1 Å². The van der Waals surface area contributed by atoms with Gasteiger partial charge in [-0.05, 0) is 70.6 Å². The molecule has 0 aromatic heterocycles. The maximum atomic E-state index is 14.6. The van der Waals surface area contributed by atoms with Crippen LogP contribution in [0.2, 0.25) is 0 Å². The second-order valence-electron chi connectivity index (χ2n) is 7.08. The molecule has 3 rings (SSSR count). The Bertz CT molecular complexity index is 1320. The van der Waals surface area contributed by atoms with Crippen molar-refractivity contribution in [2.24, 2.45) is 0 Å². The molecule has 0 spiro atoms. The van der Waals surface area contributed by atoms with Gasteiger partial charge in [0.15, 0.2) is 11.6 Å². The van der Waals surface area contributed by atoms with Crippen molar-refractivity contribution in [2.75, 3.05) is 24.2 Å². The molecular formula is C22H19F3IN3O4S. The van der Waals surface area contributed by atoms with Gasteiger partial charge in [0.1, 0.15) is 11.5 Å². The van der Waals surface area contributed by atoms with E-state index in [0.29, 0.717) is 14.7 Å². The number of carbonyl (C=O) groups is 1. The molecule has 34 heavy (non-hydrogen) atoms. The fourth-order valence-corrected chi connectivity index (χ4v) is 4.28. The molecule has 0 atom stereocenters. The van der Waals surface area contributed by atoms with Gasteiger partial charge in [-0.3, -0.25) is 4.72 Å². The van der Waals surface area contributed by atoms with E-state index in [1.165, 1.54) is 38.4 Å². The minimum Gasteiger partial charge on any atom is -0.465 e. The molecule has 0 radical (unpaired) electrons. The second-order valence-corrected chi connectivity index (χ2v) is 10.1. The number of halogens is 4. The Balaban J connectivity index is 1.84. The SMILES string of the molecule is COC(=O)c1ccc(CN(C)S(=O)(=O)Nc2ccc(F)c(F)c2Nc2ccc(I)cc2F)cc1. The molecule has 2 N–H and O–H groups in total. The summed E-state index contributed by atoms with van der Waals surface area (Å²) in [5.74, 6) is -3.87. The Morgan fingerprint density at radius 1 is 1.00 bits per heavy atom. The van der Waals surface area contributed by atoms with Gasteiger partial charge in [0.2, 0.25) is 0 Å². The maximum absolute atomic E-state index is 14.6. The van der Waals surface area contributed by atoms with Crippen LogP contribution in [0.1, 0.15) is 15.9 Å². The van der Waals surface area contributed by atoms with Gasteiger partial charge >= 0.3 is 16.2 Å². The molecule has 3 aromatic carbocycles. The average Bonchev–Trinajstić information content (AvgIpc) is 2.80. The molecular weight excluding hydrogens is 586 g/mol. The van der Waals surface area contributed by atoms with E-state index < -0.39 is 39.3 Å². The number of nitrogens with zero attached hydrogens (tertiary/aromatic N) is 1. The second kappa shape index (κ2) is 10.6. The van der Waals surface area contributed by atoms with Gasteiger partial charge in [0.25, 0.3) is 0 Å².